The van der Waals surface area contributed by atoms with E-state index in [9.17, 15) is 0 Å². The average molecular weight is 198 g/mol. The maximum atomic E-state index is 3.55. The summed E-state index contributed by atoms with van der Waals surface area (Å²) in [6.07, 6.45) is 8.53. The molecule has 0 aromatic heterocycles. The van der Waals surface area contributed by atoms with Gasteiger partial charge >= 0.3 is 0 Å². The van der Waals surface area contributed by atoms with Gasteiger partial charge in [0.25, 0.3) is 0 Å². The predicted molar refractivity (Wildman–Crippen MR) is 62.6 cm³/mol. The molecule has 0 aromatic carbocycles. The molecule has 0 aliphatic heterocycles. The van der Waals surface area contributed by atoms with Crippen LogP contribution in [0.1, 0.15) is 45.4 Å². The monoisotopic (exact) mass is 198 g/mol. The molecule has 14 heavy (non-hydrogen) atoms. The van der Waals surface area contributed by atoms with Gasteiger partial charge in [-0.25, -0.2) is 0 Å². The van der Waals surface area contributed by atoms with Gasteiger partial charge in [0.15, 0.2) is 0 Å². The number of hydrogen-bond acceptors (Lipinski definition) is 2. The summed E-state index contributed by atoms with van der Waals surface area (Å²) < 4.78 is 0. The number of hydrogen-bond donors (Lipinski definition) is 2. The Morgan fingerprint density at radius 1 is 0.929 bits per heavy atom. The SMILES string of the molecule is CCCNCCNCC1CCCCC1. The van der Waals surface area contributed by atoms with Crippen molar-refractivity contribution >= 4 is 0 Å². The van der Waals surface area contributed by atoms with E-state index in [1.165, 1.54) is 45.1 Å². The molecule has 1 saturated carbocycles. The van der Waals surface area contributed by atoms with E-state index in [0.717, 1.165) is 25.6 Å². The number of nitrogens with one attached hydrogen (secondary N) is 2. The summed E-state index contributed by atoms with van der Waals surface area (Å²) in [5, 5.41) is 6.96. The Morgan fingerprint density at radius 3 is 2.36 bits per heavy atom. The third-order valence-electron chi connectivity index (χ3n) is 3.06. The van der Waals surface area contributed by atoms with Crippen molar-refractivity contribution in [3.8, 4) is 0 Å². The second-order valence-electron chi connectivity index (χ2n) is 4.46. The lowest BCUT2D eigenvalue weighted by atomic mass is 9.89. The van der Waals surface area contributed by atoms with Crippen molar-refractivity contribution in [3.63, 3.8) is 0 Å². The van der Waals surface area contributed by atoms with E-state index in [4.69, 9.17) is 0 Å². The quantitative estimate of drug-likeness (QED) is 0.613. The van der Waals surface area contributed by atoms with Gasteiger partial charge in [0, 0.05) is 13.1 Å². The van der Waals surface area contributed by atoms with E-state index in [-0.39, 0.29) is 0 Å². The van der Waals surface area contributed by atoms with Crippen LogP contribution in [0.3, 0.4) is 0 Å². The summed E-state index contributed by atoms with van der Waals surface area (Å²) in [6.45, 7) is 6.87. The first-order valence-corrected chi connectivity index (χ1v) is 6.35. The first kappa shape index (κ1) is 12.0. The zero-order valence-electron chi connectivity index (χ0n) is 9.65. The predicted octanol–water partition coefficient (Wildman–Crippen LogP) is 2.16. The van der Waals surface area contributed by atoms with E-state index in [1.54, 1.807) is 0 Å². The van der Waals surface area contributed by atoms with Crippen molar-refractivity contribution < 1.29 is 0 Å². The van der Waals surface area contributed by atoms with Crippen molar-refractivity contribution in [2.75, 3.05) is 26.2 Å². The molecule has 0 radical (unpaired) electrons. The van der Waals surface area contributed by atoms with Gasteiger partial charge in [0.1, 0.15) is 0 Å². The maximum absolute atomic E-state index is 3.55. The molecule has 0 saturated heterocycles. The van der Waals surface area contributed by atoms with Gasteiger partial charge < -0.3 is 10.6 Å². The lowest BCUT2D eigenvalue weighted by molar-refractivity contribution is 0.342. The molecule has 0 spiro atoms. The second kappa shape index (κ2) is 8.25. The number of rotatable bonds is 7. The Hall–Kier alpha value is -0.0800. The van der Waals surface area contributed by atoms with Gasteiger partial charge in [-0.15, -0.1) is 0 Å². The molecule has 1 aliphatic rings. The van der Waals surface area contributed by atoms with Crippen molar-refractivity contribution in [1.82, 2.24) is 10.6 Å². The van der Waals surface area contributed by atoms with Crippen molar-refractivity contribution in [1.29, 1.82) is 0 Å². The molecule has 0 bridgehead atoms. The summed E-state index contributed by atoms with van der Waals surface area (Å²) in [5.74, 6) is 0.968. The van der Waals surface area contributed by atoms with Gasteiger partial charge in [-0.1, -0.05) is 26.2 Å². The molecular formula is C12H26N2. The van der Waals surface area contributed by atoms with Gasteiger partial charge in [0.05, 0.1) is 0 Å². The van der Waals surface area contributed by atoms with E-state index in [1.807, 2.05) is 0 Å². The van der Waals surface area contributed by atoms with Crippen LogP contribution in [0.4, 0.5) is 0 Å². The van der Waals surface area contributed by atoms with Crippen LogP contribution in [-0.2, 0) is 0 Å². The van der Waals surface area contributed by atoms with Gasteiger partial charge in [-0.2, -0.15) is 0 Å². The Kier molecular flexibility index (Phi) is 7.06. The second-order valence-corrected chi connectivity index (χ2v) is 4.46. The Morgan fingerprint density at radius 2 is 1.64 bits per heavy atom. The minimum absolute atomic E-state index is 0.968. The highest BCUT2D eigenvalue weighted by atomic mass is 14.9. The average Bonchev–Trinajstić information content (AvgIpc) is 2.25. The molecule has 2 heteroatoms. The van der Waals surface area contributed by atoms with E-state index < -0.39 is 0 Å². The fourth-order valence-electron chi connectivity index (χ4n) is 2.18. The maximum Gasteiger partial charge on any atom is 0.00768 e. The summed E-state index contributed by atoms with van der Waals surface area (Å²) in [6, 6.07) is 0. The molecular weight excluding hydrogens is 172 g/mol. The first-order chi connectivity index (χ1) is 6.93. The third kappa shape index (κ3) is 5.61. The van der Waals surface area contributed by atoms with Crippen LogP contribution < -0.4 is 10.6 Å². The zero-order chi connectivity index (χ0) is 10.1. The highest BCUT2D eigenvalue weighted by Gasteiger charge is 2.11. The zero-order valence-corrected chi connectivity index (χ0v) is 9.65. The molecule has 84 valence electrons. The Balaban J connectivity index is 1.82. The molecule has 2 nitrogen and oxygen atoms in total. The Bertz CT molecular complexity index is 119. The lowest BCUT2D eigenvalue weighted by Crippen LogP contribution is -2.31. The van der Waals surface area contributed by atoms with Crippen LogP contribution in [0, 0.1) is 5.92 Å². The third-order valence-corrected chi connectivity index (χ3v) is 3.06. The van der Waals surface area contributed by atoms with E-state index in [2.05, 4.69) is 17.6 Å². The fourth-order valence-corrected chi connectivity index (χ4v) is 2.18. The molecule has 1 rings (SSSR count). The topological polar surface area (TPSA) is 24.1 Å². The van der Waals surface area contributed by atoms with Crippen LogP contribution >= 0.6 is 0 Å². The minimum atomic E-state index is 0.968. The molecule has 0 heterocycles. The van der Waals surface area contributed by atoms with Crippen LogP contribution in [0.15, 0.2) is 0 Å². The molecule has 0 unspecified atom stereocenters. The first-order valence-electron chi connectivity index (χ1n) is 6.35. The van der Waals surface area contributed by atoms with E-state index in [0.29, 0.717) is 0 Å². The summed E-state index contributed by atoms with van der Waals surface area (Å²) in [4.78, 5) is 0. The van der Waals surface area contributed by atoms with Crippen LogP contribution in [0.25, 0.3) is 0 Å². The minimum Gasteiger partial charge on any atom is -0.315 e. The van der Waals surface area contributed by atoms with Crippen LogP contribution in [-0.4, -0.2) is 26.2 Å². The lowest BCUT2D eigenvalue weighted by Gasteiger charge is -2.21. The largest absolute Gasteiger partial charge is 0.315 e. The van der Waals surface area contributed by atoms with Crippen LogP contribution in [0.2, 0.25) is 0 Å². The van der Waals surface area contributed by atoms with Crippen molar-refractivity contribution in [2.24, 2.45) is 5.92 Å². The van der Waals surface area contributed by atoms with Crippen molar-refractivity contribution in [3.05, 3.63) is 0 Å². The standard InChI is InChI=1S/C12H26N2/c1-2-8-13-9-10-14-11-12-6-4-3-5-7-12/h12-14H,2-11H2,1H3. The molecule has 1 fully saturated rings. The van der Waals surface area contributed by atoms with Crippen molar-refractivity contribution in [2.45, 2.75) is 45.4 Å². The van der Waals surface area contributed by atoms with Gasteiger partial charge in [-0.3, -0.25) is 0 Å². The van der Waals surface area contributed by atoms with E-state index >= 15 is 0 Å². The smallest absolute Gasteiger partial charge is 0.00768 e. The molecule has 0 atom stereocenters. The fraction of sp³-hybridized carbons (Fsp3) is 1.00. The molecule has 0 amide bonds. The normalized spacial score (nSPS) is 18.6. The Labute approximate surface area is 88.8 Å². The highest BCUT2D eigenvalue weighted by molar-refractivity contribution is 4.68. The molecule has 1 aliphatic carbocycles. The molecule has 2 N–H and O–H groups in total. The van der Waals surface area contributed by atoms with Gasteiger partial charge in [-0.05, 0) is 38.3 Å². The van der Waals surface area contributed by atoms with Crippen LogP contribution in [0.5, 0.6) is 0 Å². The summed E-state index contributed by atoms with van der Waals surface area (Å²) in [5.41, 5.74) is 0. The highest BCUT2D eigenvalue weighted by Crippen LogP contribution is 2.22. The summed E-state index contributed by atoms with van der Waals surface area (Å²) >= 11 is 0. The molecule has 0 aromatic rings. The summed E-state index contributed by atoms with van der Waals surface area (Å²) in [7, 11) is 0. The van der Waals surface area contributed by atoms with Gasteiger partial charge in [0.2, 0.25) is 0 Å².